The van der Waals surface area contributed by atoms with Crippen molar-refractivity contribution in [3.05, 3.63) is 40.7 Å². The van der Waals surface area contributed by atoms with Crippen LogP contribution in [0.2, 0.25) is 5.15 Å². The van der Waals surface area contributed by atoms with Crippen LogP contribution >= 0.6 is 11.6 Å². The summed E-state index contributed by atoms with van der Waals surface area (Å²) >= 11 is 5.75. The van der Waals surface area contributed by atoms with Gasteiger partial charge in [-0.1, -0.05) is 23.7 Å². The number of anilines is 2. The Kier molecular flexibility index (Phi) is 8.59. The number of nitrogens with two attached hydrogens (primary N) is 3. The fourth-order valence-electron chi connectivity index (χ4n) is 2.43. The van der Waals surface area contributed by atoms with E-state index < -0.39 is 12.1 Å². The molecule has 0 fully saturated rings. The molecule has 0 saturated heterocycles. The first-order valence-corrected chi connectivity index (χ1v) is 9.51. The smallest absolute Gasteiger partial charge is 0.280 e. The second-order valence-corrected chi connectivity index (χ2v) is 6.73. The number of nitrogen functional groups attached to an aromatic ring is 2. The van der Waals surface area contributed by atoms with Crippen molar-refractivity contribution in [2.75, 3.05) is 24.6 Å². The number of aliphatic hydroxyl groups excluding tert-OH is 1. The molecule has 0 radical (unpaired) electrons. The Morgan fingerprint density at radius 2 is 1.90 bits per heavy atom. The van der Waals surface area contributed by atoms with E-state index in [9.17, 15) is 4.79 Å². The van der Waals surface area contributed by atoms with Crippen LogP contribution in [0.1, 0.15) is 28.9 Å². The van der Waals surface area contributed by atoms with Crippen LogP contribution in [0.25, 0.3) is 0 Å². The minimum atomic E-state index is -1.00. The van der Waals surface area contributed by atoms with Crippen LogP contribution < -0.4 is 32.6 Å². The molecular weight excluding hydrogens is 412 g/mol. The summed E-state index contributed by atoms with van der Waals surface area (Å²) < 4.78 is 5.30. The van der Waals surface area contributed by atoms with Crippen molar-refractivity contribution in [1.29, 1.82) is 5.41 Å². The van der Waals surface area contributed by atoms with Crippen LogP contribution in [-0.2, 0) is 6.42 Å². The second-order valence-electron chi connectivity index (χ2n) is 6.37. The molecule has 162 valence electrons. The number of amides is 1. The Labute approximate surface area is 178 Å². The zero-order valence-corrected chi connectivity index (χ0v) is 16.9. The lowest BCUT2D eigenvalue weighted by Crippen LogP contribution is -2.41. The van der Waals surface area contributed by atoms with Gasteiger partial charge in [0.1, 0.15) is 18.6 Å². The van der Waals surface area contributed by atoms with Crippen LogP contribution in [0, 0.1) is 5.41 Å². The number of nitrogens with zero attached hydrogens (tertiary/aromatic N) is 2. The highest BCUT2D eigenvalue weighted by molar-refractivity contribution is 6.31. The maximum Gasteiger partial charge on any atom is 0.280 e. The third-order valence-electron chi connectivity index (χ3n) is 3.90. The van der Waals surface area contributed by atoms with E-state index in [1.54, 1.807) is 0 Å². The molecule has 0 saturated carbocycles. The lowest BCUT2D eigenvalue weighted by Gasteiger charge is -2.11. The predicted molar refractivity (Wildman–Crippen MR) is 114 cm³/mol. The van der Waals surface area contributed by atoms with Gasteiger partial charge in [0.05, 0.1) is 0 Å². The van der Waals surface area contributed by atoms with Crippen molar-refractivity contribution < 1.29 is 14.6 Å². The normalized spacial score (nSPS) is 11.6. The average Bonchev–Trinajstić information content (AvgIpc) is 2.69. The largest absolute Gasteiger partial charge is 0.489 e. The highest BCUT2D eigenvalue weighted by atomic mass is 35.5. The van der Waals surface area contributed by atoms with Gasteiger partial charge >= 0.3 is 0 Å². The number of aryl methyl sites for hydroxylation is 1. The van der Waals surface area contributed by atoms with E-state index in [0.717, 1.165) is 24.8 Å². The number of hydrogen-bond donors (Lipinski definition) is 7. The number of carbonyl (C=O) groups is 1. The maximum absolute atomic E-state index is 12.1. The topological polar surface area (TPSA) is 198 Å². The molecule has 11 nitrogen and oxygen atoms in total. The molecule has 1 heterocycles. The molecule has 0 spiro atoms. The van der Waals surface area contributed by atoms with Gasteiger partial charge in [0.15, 0.2) is 28.4 Å². The SMILES string of the molecule is N=C(NCCCCc1ccc(OCC(N)O)cc1)NC(=O)c1nc(Cl)c(N)nc1N. The minimum Gasteiger partial charge on any atom is -0.489 e. The quantitative estimate of drug-likeness (QED) is 0.124. The number of carbonyl (C=O) groups excluding carboxylic acids is 1. The number of hydrogen-bond acceptors (Lipinski definition) is 9. The van der Waals surface area contributed by atoms with Gasteiger partial charge in [0.25, 0.3) is 5.91 Å². The Balaban J connectivity index is 1.67. The van der Waals surface area contributed by atoms with Crippen molar-refractivity contribution >= 4 is 35.1 Å². The maximum atomic E-state index is 12.1. The highest BCUT2D eigenvalue weighted by Gasteiger charge is 2.16. The number of ether oxygens (including phenoxy) is 1. The second kappa shape index (κ2) is 11.1. The molecule has 1 amide bonds. The van der Waals surface area contributed by atoms with Crippen molar-refractivity contribution in [1.82, 2.24) is 20.6 Å². The van der Waals surface area contributed by atoms with E-state index in [-0.39, 0.29) is 35.0 Å². The summed E-state index contributed by atoms with van der Waals surface area (Å²) in [6, 6.07) is 7.52. The van der Waals surface area contributed by atoms with Gasteiger partial charge in [-0.2, -0.15) is 0 Å². The van der Waals surface area contributed by atoms with Crippen LogP contribution in [0.3, 0.4) is 0 Å². The molecule has 1 aromatic carbocycles. The van der Waals surface area contributed by atoms with E-state index >= 15 is 0 Å². The Morgan fingerprint density at radius 3 is 2.57 bits per heavy atom. The molecular formula is C18H25ClN8O3. The summed E-state index contributed by atoms with van der Waals surface area (Å²) in [6.45, 7) is 0.538. The first-order valence-electron chi connectivity index (χ1n) is 9.14. The van der Waals surface area contributed by atoms with Crippen LogP contribution in [-0.4, -0.2) is 46.3 Å². The molecule has 0 aliphatic rings. The zero-order valence-electron chi connectivity index (χ0n) is 16.2. The van der Waals surface area contributed by atoms with Crippen molar-refractivity contribution in [2.24, 2.45) is 5.73 Å². The summed E-state index contributed by atoms with van der Waals surface area (Å²) in [5.41, 5.74) is 17.2. The van der Waals surface area contributed by atoms with Gasteiger partial charge in [0, 0.05) is 6.54 Å². The summed E-state index contributed by atoms with van der Waals surface area (Å²) in [5.74, 6) is -0.489. The molecule has 0 aliphatic heterocycles. The molecule has 0 bridgehead atoms. The number of guanidine groups is 1. The molecule has 30 heavy (non-hydrogen) atoms. The number of nitrogens with one attached hydrogen (secondary N) is 3. The van der Waals surface area contributed by atoms with E-state index in [2.05, 4.69) is 20.6 Å². The predicted octanol–water partition coefficient (Wildman–Crippen LogP) is 0.227. The number of benzene rings is 1. The number of rotatable bonds is 9. The van der Waals surface area contributed by atoms with Gasteiger partial charge in [0.2, 0.25) is 0 Å². The van der Waals surface area contributed by atoms with E-state index in [4.69, 9.17) is 44.1 Å². The third kappa shape index (κ3) is 7.35. The van der Waals surface area contributed by atoms with E-state index in [1.165, 1.54) is 0 Å². The molecule has 0 aliphatic carbocycles. The molecule has 2 rings (SSSR count). The van der Waals surface area contributed by atoms with Gasteiger partial charge in [-0.15, -0.1) is 0 Å². The van der Waals surface area contributed by atoms with Crippen molar-refractivity contribution in [3.63, 3.8) is 0 Å². The number of aliphatic hydroxyl groups is 1. The fourth-order valence-corrected chi connectivity index (χ4v) is 2.55. The van der Waals surface area contributed by atoms with Gasteiger partial charge in [-0.05, 0) is 37.0 Å². The van der Waals surface area contributed by atoms with Crippen molar-refractivity contribution in [2.45, 2.75) is 25.5 Å². The first kappa shape index (κ1) is 23.1. The monoisotopic (exact) mass is 436 g/mol. The Bertz CT molecular complexity index is 876. The Morgan fingerprint density at radius 1 is 1.20 bits per heavy atom. The minimum absolute atomic E-state index is 0.0397. The summed E-state index contributed by atoms with van der Waals surface area (Å²) in [5, 5.41) is 21.8. The number of aromatic nitrogens is 2. The standard InChI is InChI=1S/C18H25ClN8O3/c19-14-16(22)26-15(21)13(25-14)17(29)27-18(23)24-8-2-1-3-10-4-6-11(7-5-10)30-9-12(20)28/h4-7,12,28H,1-3,8-9,20H2,(H4,21,22,26)(H3,23,24,27,29). The number of unbranched alkanes of at least 4 members (excludes halogenated alkanes) is 1. The summed E-state index contributed by atoms with van der Waals surface area (Å²) in [4.78, 5) is 19.6. The molecule has 1 aromatic heterocycles. The van der Waals surface area contributed by atoms with Gasteiger partial charge < -0.3 is 32.4 Å². The molecule has 2 aromatic rings. The van der Waals surface area contributed by atoms with Crippen LogP contribution in [0.5, 0.6) is 5.75 Å². The molecule has 12 heteroatoms. The van der Waals surface area contributed by atoms with Crippen LogP contribution in [0.15, 0.2) is 24.3 Å². The highest BCUT2D eigenvalue weighted by Crippen LogP contribution is 2.17. The summed E-state index contributed by atoms with van der Waals surface area (Å²) in [7, 11) is 0. The molecule has 1 atom stereocenters. The average molecular weight is 437 g/mol. The number of halogens is 1. The zero-order chi connectivity index (χ0) is 22.1. The lowest BCUT2D eigenvalue weighted by molar-refractivity contribution is 0.0971. The van der Waals surface area contributed by atoms with Crippen LogP contribution in [0.4, 0.5) is 11.6 Å². The summed E-state index contributed by atoms with van der Waals surface area (Å²) in [6.07, 6.45) is 1.50. The van der Waals surface area contributed by atoms with Gasteiger partial charge in [-0.3, -0.25) is 15.5 Å². The lowest BCUT2D eigenvalue weighted by atomic mass is 10.1. The first-order chi connectivity index (χ1) is 14.3. The Hall–Kier alpha value is -3.15. The van der Waals surface area contributed by atoms with Crippen molar-refractivity contribution in [3.8, 4) is 5.75 Å². The van der Waals surface area contributed by atoms with E-state index in [1.807, 2.05) is 24.3 Å². The van der Waals surface area contributed by atoms with E-state index in [0.29, 0.717) is 12.3 Å². The molecule has 10 N–H and O–H groups in total. The fraction of sp³-hybridized carbons (Fsp3) is 0.333. The molecule has 1 unspecified atom stereocenters. The third-order valence-corrected chi connectivity index (χ3v) is 4.17. The van der Waals surface area contributed by atoms with Gasteiger partial charge in [-0.25, -0.2) is 9.97 Å².